The first-order valence-electron chi connectivity index (χ1n) is 8.66. The summed E-state index contributed by atoms with van der Waals surface area (Å²) in [6.45, 7) is 8.37. The van der Waals surface area contributed by atoms with Gasteiger partial charge in [0.1, 0.15) is 5.92 Å². The number of carbonyl (C=O) groups excluding carboxylic acids is 1. The van der Waals surface area contributed by atoms with Crippen molar-refractivity contribution in [2.24, 2.45) is 11.8 Å². The predicted octanol–water partition coefficient (Wildman–Crippen LogP) is 2.82. The van der Waals surface area contributed by atoms with Gasteiger partial charge in [0, 0.05) is 0 Å². The molecule has 25 heavy (non-hydrogen) atoms. The van der Waals surface area contributed by atoms with Crippen molar-refractivity contribution >= 4 is 11.9 Å². The number of hydrogen-bond acceptors (Lipinski definition) is 3. The number of benzene rings is 1. The third-order valence-corrected chi connectivity index (χ3v) is 5.12. The molecule has 5 atom stereocenters. The Balaban J connectivity index is 1.70. The number of nitrogens with one attached hydrogen (secondary N) is 1. The second-order valence-electron chi connectivity index (χ2n) is 7.94. The van der Waals surface area contributed by atoms with E-state index in [1.54, 1.807) is 12.2 Å². The molecule has 0 spiro atoms. The van der Waals surface area contributed by atoms with Crippen LogP contribution in [0.4, 0.5) is 0 Å². The molecule has 0 radical (unpaired) electrons. The van der Waals surface area contributed by atoms with Gasteiger partial charge < -0.3 is 15.2 Å². The summed E-state index contributed by atoms with van der Waals surface area (Å²) in [5.74, 6) is -2.75. The molecule has 2 bridgehead atoms. The number of carboxylic acid groups (broad SMARTS) is 1. The van der Waals surface area contributed by atoms with Gasteiger partial charge in [-0.15, -0.1) is 0 Å². The lowest BCUT2D eigenvalue weighted by molar-refractivity contribution is -0.146. The summed E-state index contributed by atoms with van der Waals surface area (Å²) in [7, 11) is 0. The van der Waals surface area contributed by atoms with Crippen molar-refractivity contribution in [2.75, 3.05) is 0 Å². The van der Waals surface area contributed by atoms with Crippen LogP contribution >= 0.6 is 0 Å². The molecule has 0 aromatic heterocycles. The highest BCUT2D eigenvalue weighted by Gasteiger charge is 2.53. The fraction of sp³-hybridized carbons (Fsp3) is 0.500. The fourth-order valence-corrected chi connectivity index (χ4v) is 3.58. The Hall–Kier alpha value is -2.14. The number of aliphatic carboxylic acids is 1. The minimum Gasteiger partial charge on any atom is -0.481 e. The maximum absolute atomic E-state index is 12.7. The molecule has 5 heteroatoms. The molecule has 0 unspecified atom stereocenters. The zero-order valence-electron chi connectivity index (χ0n) is 15.0. The van der Waals surface area contributed by atoms with Crippen LogP contribution in [0.1, 0.15) is 44.9 Å². The van der Waals surface area contributed by atoms with Gasteiger partial charge in [-0.2, -0.15) is 0 Å². The highest BCUT2D eigenvalue weighted by Crippen LogP contribution is 2.39. The van der Waals surface area contributed by atoms with Crippen LogP contribution in [0, 0.1) is 11.8 Å². The van der Waals surface area contributed by atoms with Crippen molar-refractivity contribution in [3.05, 3.63) is 47.5 Å². The maximum Gasteiger partial charge on any atom is 0.310 e. The van der Waals surface area contributed by atoms with E-state index in [2.05, 4.69) is 38.2 Å². The van der Waals surface area contributed by atoms with Gasteiger partial charge in [-0.3, -0.25) is 9.59 Å². The monoisotopic (exact) mass is 343 g/mol. The predicted molar refractivity (Wildman–Crippen MR) is 94.1 cm³/mol. The molecule has 2 N–H and O–H groups in total. The zero-order chi connectivity index (χ0) is 18.4. The van der Waals surface area contributed by atoms with Crippen LogP contribution in [0.3, 0.4) is 0 Å². The molecule has 0 saturated carbocycles. The van der Waals surface area contributed by atoms with Crippen molar-refractivity contribution in [3.8, 4) is 0 Å². The third kappa shape index (κ3) is 3.33. The van der Waals surface area contributed by atoms with E-state index in [0.717, 1.165) is 5.56 Å². The molecule has 2 aliphatic rings. The average molecular weight is 343 g/mol. The average Bonchev–Trinajstić information content (AvgIpc) is 3.14. The quantitative estimate of drug-likeness (QED) is 0.824. The van der Waals surface area contributed by atoms with E-state index in [0.29, 0.717) is 0 Å². The molecule has 1 aromatic carbocycles. The standard InChI is InChI=1S/C20H25NO4/c1-11(12-5-7-13(8-6-12)20(2,3)4)21-18(22)16-14-9-10-15(25-14)17(16)19(23)24/h5-11,14-17H,1-4H3,(H,21,22)(H,23,24)/t11-,14+,15+,16+,17-/m0/s1. The van der Waals surface area contributed by atoms with Gasteiger partial charge >= 0.3 is 5.97 Å². The smallest absolute Gasteiger partial charge is 0.310 e. The van der Waals surface area contributed by atoms with E-state index in [1.807, 2.05) is 19.1 Å². The first-order chi connectivity index (χ1) is 11.7. The molecule has 1 aromatic rings. The third-order valence-electron chi connectivity index (χ3n) is 5.12. The maximum atomic E-state index is 12.7. The number of fused-ring (bicyclic) bond motifs is 2. The molecular formula is C20H25NO4. The van der Waals surface area contributed by atoms with Gasteiger partial charge in [0.25, 0.3) is 0 Å². The van der Waals surface area contributed by atoms with E-state index in [1.165, 1.54) is 5.56 Å². The molecule has 0 aliphatic carbocycles. The van der Waals surface area contributed by atoms with Crippen LogP contribution in [0.2, 0.25) is 0 Å². The topological polar surface area (TPSA) is 75.6 Å². The molecule has 2 heterocycles. The molecule has 134 valence electrons. The first-order valence-corrected chi connectivity index (χ1v) is 8.66. The molecule has 1 fully saturated rings. The second-order valence-corrected chi connectivity index (χ2v) is 7.94. The fourth-order valence-electron chi connectivity index (χ4n) is 3.58. The molecule has 2 aliphatic heterocycles. The van der Waals surface area contributed by atoms with Crippen molar-refractivity contribution in [1.29, 1.82) is 0 Å². The Labute approximate surface area is 148 Å². The highest BCUT2D eigenvalue weighted by molar-refractivity contribution is 5.87. The molecule has 3 rings (SSSR count). The largest absolute Gasteiger partial charge is 0.481 e. The van der Waals surface area contributed by atoms with Crippen molar-refractivity contribution in [2.45, 2.75) is 51.4 Å². The van der Waals surface area contributed by atoms with Crippen LogP contribution in [0.5, 0.6) is 0 Å². The SMILES string of the molecule is C[C@H](NC(=O)[C@H]1[C@@H](C(=O)O)[C@H]2C=C[C@H]1O2)c1ccc(C(C)(C)C)cc1. The van der Waals surface area contributed by atoms with Gasteiger partial charge in [-0.05, 0) is 23.5 Å². The van der Waals surface area contributed by atoms with Crippen LogP contribution in [-0.4, -0.2) is 29.2 Å². The minimum absolute atomic E-state index is 0.0759. The van der Waals surface area contributed by atoms with Gasteiger partial charge in [0.2, 0.25) is 5.91 Å². The lowest BCUT2D eigenvalue weighted by atomic mass is 9.82. The Bertz CT molecular complexity index is 701. The van der Waals surface area contributed by atoms with E-state index in [4.69, 9.17) is 4.74 Å². The van der Waals surface area contributed by atoms with Crippen LogP contribution in [0.25, 0.3) is 0 Å². The highest BCUT2D eigenvalue weighted by atomic mass is 16.5. The number of carbonyl (C=O) groups is 2. The minimum atomic E-state index is -0.987. The Morgan fingerprint density at radius 1 is 1.08 bits per heavy atom. The van der Waals surface area contributed by atoms with Gasteiger partial charge in [0.05, 0.1) is 24.2 Å². The zero-order valence-corrected chi connectivity index (χ0v) is 15.0. The Kier molecular flexibility index (Phi) is 4.45. The number of rotatable bonds is 4. The van der Waals surface area contributed by atoms with Gasteiger partial charge in [-0.25, -0.2) is 0 Å². The normalized spacial score (nSPS) is 28.8. The lowest BCUT2D eigenvalue weighted by Crippen LogP contribution is -2.43. The van der Waals surface area contributed by atoms with Crippen molar-refractivity contribution < 1.29 is 19.4 Å². The van der Waals surface area contributed by atoms with Crippen LogP contribution in [0.15, 0.2) is 36.4 Å². The number of ether oxygens (including phenoxy) is 1. The summed E-state index contributed by atoms with van der Waals surface area (Å²) in [6, 6.07) is 7.97. The molecular weight excluding hydrogens is 318 g/mol. The van der Waals surface area contributed by atoms with Crippen molar-refractivity contribution in [3.63, 3.8) is 0 Å². The second kappa shape index (κ2) is 6.30. The van der Waals surface area contributed by atoms with Crippen LogP contribution in [-0.2, 0) is 19.7 Å². The van der Waals surface area contributed by atoms with Gasteiger partial charge in [0.15, 0.2) is 0 Å². The first kappa shape index (κ1) is 17.7. The summed E-state index contributed by atoms with van der Waals surface area (Å²) < 4.78 is 5.57. The number of hydrogen-bond donors (Lipinski definition) is 2. The molecule has 1 amide bonds. The number of amides is 1. The summed E-state index contributed by atoms with van der Waals surface area (Å²) in [4.78, 5) is 24.2. The summed E-state index contributed by atoms with van der Waals surface area (Å²) >= 11 is 0. The summed E-state index contributed by atoms with van der Waals surface area (Å²) in [5.41, 5.74) is 2.30. The van der Waals surface area contributed by atoms with Crippen LogP contribution < -0.4 is 5.32 Å². The van der Waals surface area contributed by atoms with Crippen molar-refractivity contribution in [1.82, 2.24) is 5.32 Å². The van der Waals surface area contributed by atoms with E-state index < -0.39 is 30.0 Å². The summed E-state index contributed by atoms with van der Waals surface area (Å²) in [6.07, 6.45) is 2.58. The Morgan fingerprint density at radius 2 is 1.64 bits per heavy atom. The van der Waals surface area contributed by atoms with E-state index in [-0.39, 0.29) is 17.4 Å². The van der Waals surface area contributed by atoms with Gasteiger partial charge in [-0.1, -0.05) is 57.2 Å². The molecule has 1 saturated heterocycles. The molecule has 5 nitrogen and oxygen atoms in total. The summed E-state index contributed by atoms with van der Waals surface area (Å²) in [5, 5.41) is 12.4. The van der Waals surface area contributed by atoms with E-state index in [9.17, 15) is 14.7 Å². The van der Waals surface area contributed by atoms with E-state index >= 15 is 0 Å². The lowest BCUT2D eigenvalue weighted by Gasteiger charge is -2.24. The number of carboxylic acids is 1. The Morgan fingerprint density at radius 3 is 2.16 bits per heavy atom.